The van der Waals surface area contributed by atoms with E-state index in [9.17, 15) is 19.5 Å². The smallest absolute Gasteiger partial charge is 0.286 e. The first-order chi connectivity index (χ1) is 17.8. The van der Waals surface area contributed by atoms with Crippen molar-refractivity contribution in [3.05, 3.63) is 53.8 Å². The van der Waals surface area contributed by atoms with Crippen LogP contribution in [0, 0.1) is 0 Å². The lowest BCUT2D eigenvalue weighted by Crippen LogP contribution is -2.71. The van der Waals surface area contributed by atoms with Crippen molar-refractivity contribution in [1.82, 2.24) is 19.6 Å². The summed E-state index contributed by atoms with van der Waals surface area (Å²) in [5.74, 6) is -2.32. The monoisotopic (exact) mass is 559 g/mol. The number of rotatable bonds is 8. The number of nitrogens with one attached hydrogen (secondary N) is 1. The Labute approximate surface area is 223 Å². The van der Waals surface area contributed by atoms with Crippen LogP contribution >= 0.6 is 34.9 Å². The van der Waals surface area contributed by atoms with Gasteiger partial charge in [0.25, 0.3) is 17.5 Å². The molecule has 2 aliphatic rings. The number of hydrogen-bond donors (Lipinski definition) is 2. The number of carbonyl (C=O) groups is 3. The third-order valence-corrected chi connectivity index (χ3v) is 9.21. The molecule has 0 aromatic carbocycles. The Hall–Kier alpha value is -3.56. The first-order valence-electron chi connectivity index (χ1n) is 10.9. The number of imidazole rings is 1. The molecule has 0 radical (unpaired) electrons. The minimum absolute atomic E-state index is 0.125. The van der Waals surface area contributed by atoms with E-state index in [-0.39, 0.29) is 28.8 Å². The average molecular weight is 560 g/mol. The Kier molecular flexibility index (Phi) is 6.83. The summed E-state index contributed by atoms with van der Waals surface area (Å²) >= 11 is 3.92. The second-order valence-electron chi connectivity index (χ2n) is 8.01. The molecule has 15 heteroatoms. The van der Waals surface area contributed by atoms with Crippen molar-refractivity contribution in [2.24, 2.45) is 5.16 Å². The van der Waals surface area contributed by atoms with E-state index in [1.807, 2.05) is 52.0 Å². The SMILES string of the molecule is CO/N=C(\C(=O)N[C@@H]1C(=O)N2C(C(=O)[O-])=C(C[n+]3ccn4ccccc43)CS[C@H]12)c1nc(N)sc1SC. The van der Waals surface area contributed by atoms with Gasteiger partial charge in [0.1, 0.15) is 43.2 Å². The molecule has 0 spiro atoms. The fourth-order valence-electron chi connectivity index (χ4n) is 4.28. The molecule has 37 heavy (non-hydrogen) atoms. The highest BCUT2D eigenvalue weighted by Crippen LogP contribution is 2.40. The van der Waals surface area contributed by atoms with Crippen LogP contribution in [0.5, 0.6) is 0 Å². The molecule has 1 fully saturated rings. The number of carbonyl (C=O) groups excluding carboxylic acids is 3. The van der Waals surface area contributed by atoms with Crippen LogP contribution in [-0.2, 0) is 25.8 Å². The van der Waals surface area contributed by atoms with Gasteiger partial charge in [-0.05, 0) is 12.3 Å². The van der Waals surface area contributed by atoms with Crippen molar-refractivity contribution in [3.8, 4) is 0 Å². The number of fused-ring (bicyclic) bond motifs is 2. The highest BCUT2D eigenvalue weighted by atomic mass is 32.2. The molecule has 5 heterocycles. The highest BCUT2D eigenvalue weighted by molar-refractivity contribution is 8.00. The van der Waals surface area contributed by atoms with E-state index in [1.54, 1.807) is 0 Å². The van der Waals surface area contributed by atoms with Crippen LogP contribution in [0.15, 0.2) is 57.4 Å². The zero-order valence-electron chi connectivity index (χ0n) is 19.6. The summed E-state index contributed by atoms with van der Waals surface area (Å²) in [7, 11) is 1.29. The van der Waals surface area contributed by atoms with E-state index in [2.05, 4.69) is 15.5 Å². The number of carboxylic acid groups (broad SMARTS) is 1. The van der Waals surface area contributed by atoms with Crippen molar-refractivity contribution < 1.29 is 28.9 Å². The van der Waals surface area contributed by atoms with Crippen LogP contribution in [0.4, 0.5) is 5.13 Å². The fraction of sp³-hybridized carbons (Fsp3) is 0.273. The summed E-state index contributed by atoms with van der Waals surface area (Å²) in [5.41, 5.74) is 7.19. The lowest BCUT2D eigenvalue weighted by Gasteiger charge is -2.50. The van der Waals surface area contributed by atoms with E-state index in [4.69, 9.17) is 10.6 Å². The van der Waals surface area contributed by atoms with Gasteiger partial charge in [-0.2, -0.15) is 0 Å². The molecule has 0 bridgehead atoms. The van der Waals surface area contributed by atoms with Gasteiger partial charge in [0.05, 0.1) is 22.1 Å². The summed E-state index contributed by atoms with van der Waals surface area (Å²) in [4.78, 5) is 48.6. The van der Waals surface area contributed by atoms with E-state index in [1.165, 1.54) is 46.9 Å². The predicted molar refractivity (Wildman–Crippen MR) is 137 cm³/mol. The molecule has 2 aliphatic heterocycles. The number of amides is 2. The summed E-state index contributed by atoms with van der Waals surface area (Å²) in [5, 5.41) is 18.3. The van der Waals surface area contributed by atoms with Crippen LogP contribution in [-0.4, -0.2) is 68.3 Å². The topological polar surface area (TPSA) is 158 Å². The van der Waals surface area contributed by atoms with Crippen LogP contribution in [0.3, 0.4) is 0 Å². The van der Waals surface area contributed by atoms with Crippen LogP contribution in [0.25, 0.3) is 5.65 Å². The minimum Gasteiger partial charge on any atom is -0.543 e. The number of aromatic nitrogens is 3. The van der Waals surface area contributed by atoms with Gasteiger partial charge in [-0.3, -0.25) is 14.5 Å². The summed E-state index contributed by atoms with van der Waals surface area (Å²) < 4.78 is 4.48. The van der Waals surface area contributed by atoms with Crippen molar-refractivity contribution in [3.63, 3.8) is 0 Å². The molecule has 0 saturated carbocycles. The number of thiazole rings is 1. The van der Waals surface area contributed by atoms with Gasteiger partial charge < -0.3 is 25.8 Å². The average Bonchev–Trinajstić information content (AvgIpc) is 3.48. The molecular formula is C22H21N7O5S3. The van der Waals surface area contributed by atoms with Crippen molar-refractivity contribution in [2.75, 3.05) is 24.9 Å². The van der Waals surface area contributed by atoms with Gasteiger partial charge in [-0.1, -0.05) is 22.6 Å². The molecule has 12 nitrogen and oxygen atoms in total. The molecule has 1 saturated heterocycles. The molecule has 0 unspecified atom stereocenters. The normalized spacial score (nSPS) is 19.6. The highest BCUT2D eigenvalue weighted by Gasteiger charge is 2.53. The lowest BCUT2D eigenvalue weighted by atomic mass is 10.0. The van der Waals surface area contributed by atoms with Gasteiger partial charge in [-0.25, -0.2) is 14.0 Å². The Morgan fingerprint density at radius 2 is 2.22 bits per heavy atom. The quantitative estimate of drug-likeness (QED) is 0.121. The molecular weight excluding hydrogens is 538 g/mol. The zero-order valence-corrected chi connectivity index (χ0v) is 22.1. The number of oxime groups is 1. The molecule has 5 rings (SSSR count). The second-order valence-corrected chi connectivity index (χ2v) is 11.2. The van der Waals surface area contributed by atoms with E-state index < -0.39 is 29.2 Å². The number of hydrogen-bond acceptors (Lipinski definition) is 11. The first-order valence-corrected chi connectivity index (χ1v) is 14.0. The number of aliphatic carboxylic acids is 1. The second kappa shape index (κ2) is 10.1. The Bertz CT molecular complexity index is 1480. The summed E-state index contributed by atoms with van der Waals surface area (Å²) in [6, 6.07) is 4.75. The molecule has 2 amide bonds. The number of nitrogen functional groups attached to an aromatic ring is 1. The number of thioether (sulfide) groups is 2. The molecule has 192 valence electrons. The Morgan fingerprint density at radius 3 is 2.95 bits per heavy atom. The van der Waals surface area contributed by atoms with Gasteiger partial charge in [0.2, 0.25) is 0 Å². The van der Waals surface area contributed by atoms with Crippen LogP contribution in [0.2, 0.25) is 0 Å². The maximum Gasteiger partial charge on any atom is 0.286 e. The molecule has 3 aromatic rings. The third kappa shape index (κ3) is 4.42. The third-order valence-electron chi connectivity index (χ3n) is 5.88. The van der Waals surface area contributed by atoms with Crippen molar-refractivity contribution >= 4 is 69.1 Å². The number of pyridine rings is 1. The van der Waals surface area contributed by atoms with Gasteiger partial charge in [-0.15, -0.1) is 23.5 Å². The summed E-state index contributed by atoms with van der Waals surface area (Å²) in [6.07, 6.45) is 7.41. The van der Waals surface area contributed by atoms with Gasteiger partial charge >= 0.3 is 0 Å². The lowest BCUT2D eigenvalue weighted by molar-refractivity contribution is -0.662. The number of anilines is 1. The molecule has 3 N–H and O–H groups in total. The fourth-order valence-corrected chi connectivity index (χ4v) is 7.11. The van der Waals surface area contributed by atoms with E-state index in [0.717, 1.165) is 5.65 Å². The van der Waals surface area contributed by atoms with Crippen molar-refractivity contribution in [2.45, 2.75) is 22.2 Å². The maximum absolute atomic E-state index is 13.1. The number of nitrogens with zero attached hydrogens (tertiary/aromatic N) is 5. The zero-order chi connectivity index (χ0) is 26.3. The number of nitrogens with two attached hydrogens (primary N) is 1. The molecule has 2 atom stereocenters. The Balaban J connectivity index is 1.38. The van der Waals surface area contributed by atoms with Gasteiger partial charge in [0, 0.05) is 17.4 Å². The first kappa shape index (κ1) is 25.1. The number of carboxylic acids is 1. The molecule has 0 aliphatic carbocycles. The maximum atomic E-state index is 13.1. The number of β-lactam (4-membered cyclic amide) rings is 1. The van der Waals surface area contributed by atoms with Gasteiger partial charge in [0.15, 0.2) is 10.8 Å². The predicted octanol–water partition coefficient (Wildman–Crippen LogP) is -0.558. The molecule has 3 aromatic heterocycles. The minimum atomic E-state index is -1.44. The van der Waals surface area contributed by atoms with Crippen LogP contribution < -0.4 is 20.7 Å². The summed E-state index contributed by atoms with van der Waals surface area (Å²) in [6.45, 7) is 0.276. The Morgan fingerprint density at radius 1 is 1.41 bits per heavy atom. The largest absolute Gasteiger partial charge is 0.543 e. The van der Waals surface area contributed by atoms with Crippen molar-refractivity contribution in [1.29, 1.82) is 0 Å². The van der Waals surface area contributed by atoms with Crippen LogP contribution in [0.1, 0.15) is 5.69 Å². The van der Waals surface area contributed by atoms with E-state index in [0.29, 0.717) is 15.5 Å². The van der Waals surface area contributed by atoms with E-state index >= 15 is 0 Å². The standard InChI is InChI=1S/C22H21N7O5S3/c1-34-26-13(14-21(35-2)37-22(23)25-14)17(30)24-15-18(31)29-16(20(32)33)11(10-36-19(15)29)9-28-8-7-27-6-4-3-5-12(27)28/h3-8,15,19H,9-10H2,1-2H3,(H3-,23,24,25,30,32,33)/b26-13-/t15-,19-/m1/s1.